The van der Waals surface area contributed by atoms with Gasteiger partial charge in [-0.2, -0.15) is 5.10 Å². The van der Waals surface area contributed by atoms with Gasteiger partial charge in [-0.1, -0.05) is 6.92 Å². The molecule has 0 aromatic carbocycles. The van der Waals surface area contributed by atoms with Crippen molar-refractivity contribution in [3.8, 4) is 5.82 Å². The lowest BCUT2D eigenvalue weighted by Gasteiger charge is -1.98. The van der Waals surface area contributed by atoms with Gasteiger partial charge in [0, 0.05) is 11.8 Å². The summed E-state index contributed by atoms with van der Waals surface area (Å²) in [5.41, 5.74) is 0.613. The van der Waals surface area contributed by atoms with Crippen LogP contribution in [0.15, 0.2) is 24.5 Å². The first-order chi connectivity index (χ1) is 8.11. The number of carboxylic acid groups (broad SMARTS) is 1. The van der Waals surface area contributed by atoms with Gasteiger partial charge < -0.3 is 5.11 Å². The van der Waals surface area contributed by atoms with Gasteiger partial charge in [-0.15, -0.1) is 0 Å². The molecule has 2 rings (SSSR count). The van der Waals surface area contributed by atoms with Crippen LogP contribution in [0.5, 0.6) is 0 Å². The highest BCUT2D eigenvalue weighted by Crippen LogP contribution is 2.12. The molecule has 0 amide bonds. The van der Waals surface area contributed by atoms with Crippen LogP contribution in [0, 0.1) is 5.82 Å². The quantitative estimate of drug-likeness (QED) is 0.878. The summed E-state index contributed by atoms with van der Waals surface area (Å²) < 4.78 is 14.0. The first-order valence-electron chi connectivity index (χ1n) is 5.05. The van der Waals surface area contributed by atoms with Crippen molar-refractivity contribution in [3.63, 3.8) is 0 Å². The molecule has 88 valence electrons. The molecule has 0 fully saturated rings. The molecular formula is C11H10FN3O2. The number of nitrogens with zero attached hydrogens (tertiary/aromatic N) is 3. The maximum absolute atomic E-state index is 12.7. The fourth-order valence-electron chi connectivity index (χ4n) is 1.47. The van der Waals surface area contributed by atoms with Crippen molar-refractivity contribution >= 4 is 5.97 Å². The standard InChI is InChI=1S/C11H10FN3O2/c1-2-7-6-15(14-10(7)11(16)17)9-4-3-8(12)5-13-9/h3-6H,2H2,1H3,(H,16,17). The van der Waals surface area contributed by atoms with Crippen molar-refractivity contribution in [1.82, 2.24) is 14.8 Å². The number of pyridine rings is 1. The fraction of sp³-hybridized carbons (Fsp3) is 0.182. The molecule has 2 aromatic rings. The second-order valence-corrected chi connectivity index (χ2v) is 3.44. The summed E-state index contributed by atoms with van der Waals surface area (Å²) in [6.07, 6.45) is 3.20. The number of halogens is 1. The first-order valence-corrected chi connectivity index (χ1v) is 5.05. The van der Waals surface area contributed by atoms with Crippen molar-refractivity contribution in [2.24, 2.45) is 0 Å². The summed E-state index contributed by atoms with van der Waals surface area (Å²) in [6.45, 7) is 1.84. The Hall–Kier alpha value is -2.24. The maximum atomic E-state index is 12.7. The average Bonchev–Trinajstić information content (AvgIpc) is 2.74. The van der Waals surface area contributed by atoms with E-state index in [1.165, 1.54) is 16.8 Å². The Balaban J connectivity index is 2.46. The van der Waals surface area contributed by atoms with E-state index in [4.69, 9.17) is 5.11 Å². The number of aromatic nitrogens is 3. The first kappa shape index (κ1) is 11.3. The summed E-state index contributed by atoms with van der Waals surface area (Å²) in [6, 6.07) is 2.68. The van der Waals surface area contributed by atoms with Crippen molar-refractivity contribution in [2.45, 2.75) is 13.3 Å². The molecule has 2 heterocycles. The highest BCUT2D eigenvalue weighted by atomic mass is 19.1. The lowest BCUT2D eigenvalue weighted by Crippen LogP contribution is -2.03. The maximum Gasteiger partial charge on any atom is 0.356 e. The third-order valence-electron chi connectivity index (χ3n) is 2.32. The van der Waals surface area contributed by atoms with Crippen LogP contribution >= 0.6 is 0 Å². The number of carboxylic acids is 1. The smallest absolute Gasteiger partial charge is 0.356 e. The molecule has 2 aromatic heterocycles. The predicted octanol–water partition coefficient (Wildman–Crippen LogP) is 1.67. The minimum Gasteiger partial charge on any atom is -0.476 e. The van der Waals surface area contributed by atoms with Crippen LogP contribution in [-0.2, 0) is 6.42 Å². The second kappa shape index (κ2) is 4.32. The average molecular weight is 235 g/mol. The van der Waals surface area contributed by atoms with Crippen LogP contribution in [0.2, 0.25) is 0 Å². The molecule has 0 spiro atoms. The lowest BCUT2D eigenvalue weighted by molar-refractivity contribution is 0.0689. The number of carbonyl (C=O) groups is 1. The number of aryl methyl sites for hydroxylation is 1. The van der Waals surface area contributed by atoms with Gasteiger partial charge >= 0.3 is 5.97 Å². The molecule has 0 saturated heterocycles. The summed E-state index contributed by atoms with van der Waals surface area (Å²) in [5, 5.41) is 12.9. The van der Waals surface area contributed by atoms with Gasteiger partial charge in [0.2, 0.25) is 0 Å². The predicted molar refractivity (Wildman–Crippen MR) is 57.7 cm³/mol. The molecule has 0 aliphatic heterocycles. The Morgan fingerprint density at radius 2 is 2.29 bits per heavy atom. The second-order valence-electron chi connectivity index (χ2n) is 3.44. The zero-order chi connectivity index (χ0) is 12.4. The SMILES string of the molecule is CCc1cn(-c2ccc(F)cn2)nc1C(=O)O. The zero-order valence-corrected chi connectivity index (χ0v) is 9.09. The molecule has 0 aliphatic rings. The number of hydrogen-bond acceptors (Lipinski definition) is 3. The lowest BCUT2D eigenvalue weighted by atomic mass is 10.2. The van der Waals surface area contributed by atoms with Gasteiger partial charge in [-0.05, 0) is 18.6 Å². The van der Waals surface area contributed by atoms with Crippen molar-refractivity contribution in [2.75, 3.05) is 0 Å². The summed E-state index contributed by atoms with van der Waals surface area (Å²) in [5.74, 6) is -1.15. The number of hydrogen-bond donors (Lipinski definition) is 1. The van der Waals surface area contributed by atoms with E-state index in [9.17, 15) is 9.18 Å². The molecule has 5 nitrogen and oxygen atoms in total. The molecule has 0 radical (unpaired) electrons. The molecule has 1 N–H and O–H groups in total. The fourth-order valence-corrected chi connectivity index (χ4v) is 1.47. The van der Waals surface area contributed by atoms with Crippen LogP contribution in [0.25, 0.3) is 5.82 Å². The van der Waals surface area contributed by atoms with Gasteiger partial charge in [0.15, 0.2) is 11.5 Å². The minimum absolute atomic E-state index is 0.00127. The Bertz CT molecular complexity index is 548. The molecular weight excluding hydrogens is 225 g/mol. The van der Waals surface area contributed by atoms with E-state index in [0.29, 0.717) is 17.8 Å². The van der Waals surface area contributed by atoms with E-state index in [0.717, 1.165) is 6.20 Å². The summed E-state index contributed by atoms with van der Waals surface area (Å²) in [7, 11) is 0. The topological polar surface area (TPSA) is 68.0 Å². The molecule has 0 aliphatic carbocycles. The van der Waals surface area contributed by atoms with Crippen LogP contribution in [-0.4, -0.2) is 25.8 Å². The Morgan fingerprint density at radius 1 is 1.53 bits per heavy atom. The monoisotopic (exact) mass is 235 g/mol. The molecule has 6 heteroatoms. The van der Waals surface area contributed by atoms with E-state index in [-0.39, 0.29) is 5.69 Å². The minimum atomic E-state index is -1.08. The summed E-state index contributed by atoms with van der Waals surface area (Å²) in [4.78, 5) is 14.8. The van der Waals surface area contributed by atoms with E-state index in [1.807, 2.05) is 6.92 Å². The van der Waals surface area contributed by atoms with Crippen LogP contribution in [0.3, 0.4) is 0 Å². The van der Waals surface area contributed by atoms with Gasteiger partial charge in [0.1, 0.15) is 5.82 Å². The molecule has 0 atom stereocenters. The number of rotatable bonds is 3. The van der Waals surface area contributed by atoms with Gasteiger partial charge in [0.25, 0.3) is 0 Å². The highest BCUT2D eigenvalue weighted by Gasteiger charge is 2.15. The third-order valence-corrected chi connectivity index (χ3v) is 2.32. The molecule has 17 heavy (non-hydrogen) atoms. The Kier molecular flexibility index (Phi) is 2.86. The van der Waals surface area contributed by atoms with E-state index in [1.54, 1.807) is 6.20 Å². The van der Waals surface area contributed by atoms with E-state index < -0.39 is 11.8 Å². The number of aromatic carboxylic acids is 1. The van der Waals surface area contributed by atoms with Gasteiger partial charge in [-0.25, -0.2) is 18.9 Å². The zero-order valence-electron chi connectivity index (χ0n) is 9.09. The van der Waals surface area contributed by atoms with Crippen LogP contribution in [0.1, 0.15) is 23.0 Å². The Morgan fingerprint density at radius 3 is 2.76 bits per heavy atom. The summed E-state index contributed by atoms with van der Waals surface area (Å²) >= 11 is 0. The van der Waals surface area contributed by atoms with Gasteiger partial charge in [-0.3, -0.25) is 0 Å². The Labute approximate surface area is 96.5 Å². The van der Waals surface area contributed by atoms with Crippen LogP contribution < -0.4 is 0 Å². The van der Waals surface area contributed by atoms with E-state index in [2.05, 4.69) is 10.1 Å². The van der Waals surface area contributed by atoms with Crippen LogP contribution in [0.4, 0.5) is 4.39 Å². The van der Waals surface area contributed by atoms with Crippen molar-refractivity contribution < 1.29 is 14.3 Å². The highest BCUT2D eigenvalue weighted by molar-refractivity contribution is 5.87. The molecule has 0 saturated carbocycles. The molecule has 0 unspecified atom stereocenters. The largest absolute Gasteiger partial charge is 0.476 e. The van der Waals surface area contributed by atoms with Crippen molar-refractivity contribution in [3.05, 3.63) is 41.6 Å². The molecule has 0 bridgehead atoms. The third kappa shape index (κ3) is 2.15. The normalized spacial score (nSPS) is 10.5. The van der Waals surface area contributed by atoms with E-state index >= 15 is 0 Å². The van der Waals surface area contributed by atoms with Gasteiger partial charge in [0.05, 0.1) is 6.20 Å². The van der Waals surface area contributed by atoms with Crippen molar-refractivity contribution in [1.29, 1.82) is 0 Å².